The van der Waals surface area contributed by atoms with Crippen LogP contribution >= 0.6 is 0 Å². The Bertz CT molecular complexity index is 901. The Morgan fingerprint density at radius 3 is 2.39 bits per heavy atom. The largest absolute Gasteiger partial charge is 0.441 e. The van der Waals surface area contributed by atoms with Gasteiger partial charge in [-0.05, 0) is 42.7 Å². The van der Waals surface area contributed by atoms with E-state index in [1.54, 1.807) is 24.3 Å². The number of esters is 1. The topological polar surface area (TPSA) is 52.6 Å². The van der Waals surface area contributed by atoms with Crippen molar-refractivity contribution in [3.63, 3.8) is 0 Å². The molecule has 2 aromatic carbocycles. The minimum atomic E-state index is -1.64. The number of Topliss-reactive ketones (excluding diaryl/α,β-unsaturated/α-hetero) is 1. The number of fused-ring (bicyclic) bond motifs is 3. The first-order valence-corrected chi connectivity index (χ1v) is 10.4. The molecular weight excluding hydrogens is 352 g/mol. The minimum absolute atomic E-state index is 0.290. The van der Waals surface area contributed by atoms with Crippen molar-refractivity contribution in [1.29, 1.82) is 0 Å². The zero-order valence-corrected chi connectivity index (χ0v) is 16.3. The summed E-state index contributed by atoms with van der Waals surface area (Å²) < 4.78 is 11.4. The van der Waals surface area contributed by atoms with Gasteiger partial charge < -0.3 is 9.47 Å². The summed E-state index contributed by atoms with van der Waals surface area (Å²) in [7, 11) is 0. The highest BCUT2D eigenvalue weighted by Crippen LogP contribution is 2.47. The van der Waals surface area contributed by atoms with E-state index in [-0.39, 0.29) is 5.78 Å². The van der Waals surface area contributed by atoms with Crippen molar-refractivity contribution in [1.82, 2.24) is 0 Å². The van der Waals surface area contributed by atoms with Gasteiger partial charge in [-0.15, -0.1) is 0 Å². The van der Waals surface area contributed by atoms with E-state index < -0.39 is 11.8 Å². The highest BCUT2D eigenvalue weighted by molar-refractivity contribution is 6.12. The van der Waals surface area contributed by atoms with Crippen LogP contribution in [0.2, 0.25) is 0 Å². The van der Waals surface area contributed by atoms with Crippen molar-refractivity contribution in [3.05, 3.63) is 64.7 Å². The average molecular weight is 378 g/mol. The molecule has 4 nitrogen and oxygen atoms in total. The smallest absolute Gasteiger partial charge is 0.347 e. The van der Waals surface area contributed by atoms with Gasteiger partial charge in [0.05, 0.1) is 16.7 Å². The molecule has 2 aromatic rings. The predicted octanol–water partition coefficient (Wildman–Crippen LogP) is 5.58. The standard InChI is InChI=1S/C24H26O4/c1-2-3-4-5-6-7-8-11-17-14-15-21-19(16-17)22(25)24(27-21)20-13-10-9-12-18(20)23(26)28-24/h9-10,12-16H,2-8,11H2,1H3. The monoisotopic (exact) mass is 378 g/mol. The third-order valence-electron chi connectivity index (χ3n) is 5.65. The van der Waals surface area contributed by atoms with E-state index in [1.807, 2.05) is 18.2 Å². The number of carbonyl (C=O) groups is 2. The number of hydrogen-bond donors (Lipinski definition) is 0. The summed E-state index contributed by atoms with van der Waals surface area (Å²) >= 11 is 0. The fourth-order valence-corrected chi connectivity index (χ4v) is 4.10. The summed E-state index contributed by atoms with van der Waals surface area (Å²) in [6, 6.07) is 12.7. The van der Waals surface area contributed by atoms with E-state index in [9.17, 15) is 9.59 Å². The summed E-state index contributed by atoms with van der Waals surface area (Å²) in [5.74, 6) is -1.96. The zero-order chi connectivity index (χ0) is 19.6. The molecule has 0 radical (unpaired) electrons. The number of ether oxygens (including phenoxy) is 2. The van der Waals surface area contributed by atoms with E-state index in [0.717, 1.165) is 18.4 Å². The Kier molecular flexibility index (Phi) is 5.21. The molecule has 2 heterocycles. The summed E-state index contributed by atoms with van der Waals surface area (Å²) in [6.07, 6.45) is 9.75. The number of hydrogen-bond acceptors (Lipinski definition) is 4. The number of aryl methyl sites for hydroxylation is 1. The molecular formula is C24H26O4. The van der Waals surface area contributed by atoms with E-state index in [0.29, 0.717) is 22.4 Å². The molecule has 0 saturated heterocycles. The predicted molar refractivity (Wildman–Crippen MR) is 107 cm³/mol. The van der Waals surface area contributed by atoms with Crippen molar-refractivity contribution < 1.29 is 19.1 Å². The normalized spacial score (nSPS) is 19.5. The number of carbonyl (C=O) groups excluding carboxylic acids is 2. The number of ketones is 1. The molecule has 0 amide bonds. The summed E-state index contributed by atoms with van der Waals surface area (Å²) in [4.78, 5) is 25.4. The highest BCUT2D eigenvalue weighted by Gasteiger charge is 2.58. The van der Waals surface area contributed by atoms with Gasteiger partial charge in [0.25, 0.3) is 5.78 Å². The van der Waals surface area contributed by atoms with Gasteiger partial charge in [0.15, 0.2) is 0 Å². The Hall–Kier alpha value is -2.62. The van der Waals surface area contributed by atoms with Gasteiger partial charge in [-0.2, -0.15) is 0 Å². The van der Waals surface area contributed by atoms with Crippen molar-refractivity contribution in [2.75, 3.05) is 0 Å². The maximum Gasteiger partial charge on any atom is 0.347 e. The molecule has 2 aliphatic heterocycles. The van der Waals surface area contributed by atoms with Crippen molar-refractivity contribution in [2.24, 2.45) is 0 Å². The molecule has 4 heteroatoms. The summed E-state index contributed by atoms with van der Waals surface area (Å²) in [5.41, 5.74) is 2.52. The lowest BCUT2D eigenvalue weighted by atomic mass is 9.95. The average Bonchev–Trinajstić information content (AvgIpc) is 3.16. The maximum atomic E-state index is 13.2. The second-order valence-corrected chi connectivity index (χ2v) is 7.68. The van der Waals surface area contributed by atoms with Crippen LogP contribution in [-0.4, -0.2) is 11.8 Å². The fourth-order valence-electron chi connectivity index (χ4n) is 4.10. The Morgan fingerprint density at radius 1 is 0.821 bits per heavy atom. The molecule has 0 bridgehead atoms. The molecule has 0 aromatic heterocycles. The van der Waals surface area contributed by atoms with Gasteiger partial charge >= 0.3 is 11.8 Å². The molecule has 1 atom stereocenters. The van der Waals surface area contributed by atoms with Crippen molar-refractivity contribution >= 4 is 11.8 Å². The van der Waals surface area contributed by atoms with Crippen LogP contribution in [-0.2, 0) is 16.9 Å². The van der Waals surface area contributed by atoms with Crippen LogP contribution in [0.3, 0.4) is 0 Å². The van der Waals surface area contributed by atoms with Crippen LogP contribution in [0.5, 0.6) is 5.75 Å². The van der Waals surface area contributed by atoms with Gasteiger partial charge in [0.2, 0.25) is 0 Å². The van der Waals surface area contributed by atoms with Gasteiger partial charge in [-0.1, -0.05) is 63.6 Å². The Morgan fingerprint density at radius 2 is 1.57 bits per heavy atom. The first kappa shape index (κ1) is 18.7. The Balaban J connectivity index is 1.44. The van der Waals surface area contributed by atoms with Gasteiger partial charge in [0.1, 0.15) is 5.75 Å². The molecule has 2 aliphatic rings. The molecule has 146 valence electrons. The molecule has 0 N–H and O–H groups in total. The van der Waals surface area contributed by atoms with E-state index in [1.165, 1.54) is 38.5 Å². The number of benzene rings is 2. The van der Waals surface area contributed by atoms with Crippen LogP contribution in [0, 0.1) is 0 Å². The third-order valence-corrected chi connectivity index (χ3v) is 5.65. The molecule has 4 rings (SSSR count). The number of rotatable bonds is 8. The lowest BCUT2D eigenvalue weighted by Gasteiger charge is -2.20. The van der Waals surface area contributed by atoms with Crippen LogP contribution < -0.4 is 4.74 Å². The Labute approximate surface area is 165 Å². The fraction of sp³-hybridized carbons (Fsp3) is 0.417. The van der Waals surface area contributed by atoms with E-state index in [2.05, 4.69) is 6.92 Å². The SMILES string of the molecule is CCCCCCCCCc1ccc2c(c1)C(=O)C1(OC(=O)c3ccccc31)O2. The molecule has 0 aliphatic carbocycles. The molecule has 1 unspecified atom stereocenters. The van der Waals surface area contributed by atoms with Gasteiger partial charge in [0, 0.05) is 0 Å². The maximum absolute atomic E-state index is 13.2. The first-order valence-electron chi connectivity index (χ1n) is 10.4. The van der Waals surface area contributed by atoms with E-state index >= 15 is 0 Å². The van der Waals surface area contributed by atoms with Crippen LogP contribution in [0.4, 0.5) is 0 Å². The second-order valence-electron chi connectivity index (χ2n) is 7.68. The zero-order valence-electron chi connectivity index (χ0n) is 16.3. The second kappa shape index (κ2) is 7.78. The van der Waals surface area contributed by atoms with Crippen LogP contribution in [0.1, 0.15) is 83.7 Å². The number of unbranched alkanes of at least 4 members (excludes halogenated alkanes) is 6. The molecule has 1 spiro atoms. The molecule has 0 fully saturated rings. The molecule has 28 heavy (non-hydrogen) atoms. The lowest BCUT2D eigenvalue weighted by molar-refractivity contribution is -0.0978. The van der Waals surface area contributed by atoms with Crippen molar-refractivity contribution in [3.8, 4) is 5.75 Å². The molecule has 0 saturated carbocycles. The highest BCUT2D eigenvalue weighted by atomic mass is 16.7. The van der Waals surface area contributed by atoms with Crippen molar-refractivity contribution in [2.45, 2.75) is 64.1 Å². The third kappa shape index (κ3) is 3.21. The quantitative estimate of drug-likeness (QED) is 0.444. The lowest BCUT2D eigenvalue weighted by Crippen LogP contribution is -2.37. The minimum Gasteiger partial charge on any atom is -0.441 e. The van der Waals surface area contributed by atoms with E-state index in [4.69, 9.17) is 9.47 Å². The van der Waals surface area contributed by atoms with Gasteiger partial charge in [-0.25, -0.2) is 4.79 Å². The summed E-state index contributed by atoms with van der Waals surface area (Å²) in [5, 5.41) is 0. The van der Waals surface area contributed by atoms with Gasteiger partial charge in [-0.3, -0.25) is 4.79 Å². The van der Waals surface area contributed by atoms with Crippen LogP contribution in [0.25, 0.3) is 0 Å². The van der Waals surface area contributed by atoms with Crippen LogP contribution in [0.15, 0.2) is 42.5 Å². The summed E-state index contributed by atoms with van der Waals surface area (Å²) in [6.45, 7) is 2.23. The first-order chi connectivity index (χ1) is 13.7.